The number of aromatic amines is 1. The van der Waals surface area contributed by atoms with E-state index in [0.717, 1.165) is 73.9 Å². The Morgan fingerprint density at radius 3 is 2.68 bits per heavy atom. The zero-order chi connectivity index (χ0) is 29.8. The average Bonchev–Trinajstić information content (AvgIpc) is 3.69. The highest BCUT2D eigenvalue weighted by Gasteiger charge is 2.42. The molecule has 12 nitrogen and oxygen atoms in total. The number of nitrogens with zero attached hydrogens (tertiary/aromatic N) is 6. The van der Waals surface area contributed by atoms with Crippen molar-refractivity contribution in [2.75, 3.05) is 19.7 Å². The number of hydrogen-bond donors (Lipinski definition) is 1. The number of imidazole rings is 1. The van der Waals surface area contributed by atoms with Crippen molar-refractivity contribution in [1.82, 2.24) is 34.6 Å². The maximum atomic E-state index is 11.5. The highest BCUT2D eigenvalue weighted by molar-refractivity contribution is 6.30. The van der Waals surface area contributed by atoms with Crippen LogP contribution in [0, 0.1) is 0 Å². The van der Waals surface area contributed by atoms with E-state index >= 15 is 0 Å². The lowest BCUT2D eigenvalue weighted by molar-refractivity contribution is -0.0722. The van der Waals surface area contributed by atoms with Crippen LogP contribution in [0.2, 0.25) is 5.02 Å². The number of ether oxygens (including phenoxy) is 3. The summed E-state index contributed by atoms with van der Waals surface area (Å²) in [5.74, 6) is 1.48. The van der Waals surface area contributed by atoms with Crippen molar-refractivity contribution in [2.45, 2.75) is 57.1 Å². The molecule has 2 saturated heterocycles. The van der Waals surface area contributed by atoms with E-state index in [1.54, 1.807) is 18.5 Å². The van der Waals surface area contributed by atoms with E-state index in [1.165, 1.54) is 5.56 Å². The highest BCUT2D eigenvalue weighted by atomic mass is 35.5. The van der Waals surface area contributed by atoms with E-state index in [2.05, 4.69) is 40.2 Å². The molecule has 2 atom stereocenters. The summed E-state index contributed by atoms with van der Waals surface area (Å²) >= 11 is 6.06. The predicted octanol–water partition coefficient (Wildman–Crippen LogP) is 4.64. The summed E-state index contributed by atoms with van der Waals surface area (Å²) in [5.41, 5.74) is 4.06. The molecule has 1 N–H and O–H groups in total. The fraction of sp³-hybridized carbons (Fsp3) is 0.387. The second kappa shape index (κ2) is 10.7. The summed E-state index contributed by atoms with van der Waals surface area (Å²) in [6.07, 6.45) is 6.54. The average molecular weight is 616 g/mol. The first-order chi connectivity index (χ1) is 21.4. The number of H-pyrrole nitrogens is 1. The Hall–Kier alpha value is -4.26. The number of rotatable bonds is 7. The largest absolute Gasteiger partial charge is 0.443 e. The van der Waals surface area contributed by atoms with Crippen LogP contribution in [0.4, 0.5) is 0 Å². The molecular weight excluding hydrogens is 586 g/mol. The maximum absolute atomic E-state index is 11.5. The van der Waals surface area contributed by atoms with Gasteiger partial charge in [-0.3, -0.25) is 24.4 Å². The number of fused-ring (bicyclic) bond motifs is 2. The summed E-state index contributed by atoms with van der Waals surface area (Å²) in [6.45, 7) is 5.93. The van der Waals surface area contributed by atoms with E-state index in [-0.39, 0.29) is 11.9 Å². The normalized spacial score (nSPS) is 22.0. The molecule has 5 aromatic rings. The third kappa shape index (κ3) is 4.92. The standard InChI is InChI=1S/C31H30ClN7O5/c1-31(26-6-5-19(32)14-34-26)42-25-4-2-3-21(28(25)43-31)18-7-10-38(11-8-18)17-27-35-22-13-23(29-36-30(40)44-37-29)33-15-24(22)39(27)16-20-9-12-41-20/h2-6,13-15,18,20H,7-12,16-17H2,1H3,(H,36,37,40)/t20-,31?/m0/s1. The summed E-state index contributed by atoms with van der Waals surface area (Å²) in [6, 6.07) is 11.6. The van der Waals surface area contributed by atoms with Crippen LogP contribution in [0.1, 0.15) is 49.2 Å². The van der Waals surface area contributed by atoms with E-state index in [4.69, 9.17) is 30.8 Å². The lowest BCUT2D eigenvalue weighted by atomic mass is 9.88. The molecule has 2 fully saturated rings. The van der Waals surface area contributed by atoms with Crippen LogP contribution in [-0.2, 0) is 23.6 Å². The van der Waals surface area contributed by atoms with Gasteiger partial charge in [0.25, 0.3) is 5.79 Å². The molecule has 44 heavy (non-hydrogen) atoms. The molecular formula is C31H30ClN7O5. The maximum Gasteiger partial charge on any atom is 0.439 e. The van der Waals surface area contributed by atoms with E-state index < -0.39 is 11.5 Å². The molecule has 4 aromatic heterocycles. The quantitative estimate of drug-likeness (QED) is 0.276. The summed E-state index contributed by atoms with van der Waals surface area (Å²) in [7, 11) is 0. The summed E-state index contributed by atoms with van der Waals surface area (Å²) in [4.78, 5) is 30.5. The Bertz CT molecular complexity index is 1890. The van der Waals surface area contributed by atoms with Crippen molar-refractivity contribution in [2.24, 2.45) is 0 Å². The fourth-order valence-corrected chi connectivity index (χ4v) is 6.43. The highest BCUT2D eigenvalue weighted by Crippen LogP contribution is 2.49. The van der Waals surface area contributed by atoms with Crippen LogP contribution in [-0.4, -0.2) is 60.4 Å². The van der Waals surface area contributed by atoms with Crippen molar-refractivity contribution in [3.05, 3.63) is 81.4 Å². The Balaban J connectivity index is 0.999. The number of halogens is 1. The first kappa shape index (κ1) is 27.3. The van der Waals surface area contributed by atoms with E-state index in [1.807, 2.05) is 31.2 Å². The zero-order valence-electron chi connectivity index (χ0n) is 24.0. The zero-order valence-corrected chi connectivity index (χ0v) is 24.8. The number of pyridine rings is 2. The SMILES string of the molecule is CC1(c2ccc(Cl)cn2)Oc2cccc(C3CCN(Cc4nc5cc(-c6noc(=O)[nH]6)ncc5n4C[C@@H]4CCO4)CC3)c2O1. The Labute approximate surface area is 256 Å². The molecule has 0 amide bonds. The van der Waals surface area contributed by atoms with E-state index in [0.29, 0.717) is 28.9 Å². The van der Waals surface area contributed by atoms with Gasteiger partial charge in [0, 0.05) is 25.3 Å². The molecule has 13 heteroatoms. The third-order valence-corrected chi connectivity index (χ3v) is 9.00. The van der Waals surface area contributed by atoms with Crippen LogP contribution in [0.15, 0.2) is 58.1 Å². The smallest absolute Gasteiger partial charge is 0.439 e. The van der Waals surface area contributed by atoms with Gasteiger partial charge in [0.2, 0.25) is 5.82 Å². The third-order valence-electron chi connectivity index (χ3n) is 8.77. The summed E-state index contributed by atoms with van der Waals surface area (Å²) in [5, 5.41) is 4.34. The van der Waals surface area contributed by atoms with Crippen LogP contribution in [0.5, 0.6) is 11.5 Å². The Morgan fingerprint density at radius 1 is 1.09 bits per heavy atom. The fourth-order valence-electron chi connectivity index (χ4n) is 6.32. The molecule has 0 saturated carbocycles. The number of hydrogen-bond acceptors (Lipinski definition) is 10. The summed E-state index contributed by atoms with van der Waals surface area (Å²) < 4.78 is 25.4. The minimum absolute atomic E-state index is 0.166. The predicted molar refractivity (Wildman–Crippen MR) is 160 cm³/mol. The number of aromatic nitrogens is 6. The van der Waals surface area contributed by atoms with Crippen molar-refractivity contribution in [1.29, 1.82) is 0 Å². The minimum Gasteiger partial charge on any atom is -0.443 e. The second-order valence-electron chi connectivity index (χ2n) is 11.7. The number of piperidine rings is 1. The number of nitrogens with one attached hydrogen (secondary N) is 1. The van der Waals surface area contributed by atoms with Gasteiger partial charge in [-0.05, 0) is 62.5 Å². The van der Waals surface area contributed by atoms with Crippen LogP contribution in [0.3, 0.4) is 0 Å². The van der Waals surface area contributed by atoms with Crippen molar-refractivity contribution < 1.29 is 18.7 Å². The van der Waals surface area contributed by atoms with Crippen molar-refractivity contribution in [3.8, 4) is 23.0 Å². The lowest BCUT2D eigenvalue weighted by Crippen LogP contribution is -2.35. The molecule has 1 aromatic carbocycles. The first-order valence-corrected chi connectivity index (χ1v) is 15.2. The molecule has 3 aliphatic rings. The molecule has 3 aliphatic heterocycles. The van der Waals surface area contributed by atoms with Crippen molar-refractivity contribution >= 4 is 22.6 Å². The Morgan fingerprint density at radius 2 is 1.95 bits per heavy atom. The van der Waals surface area contributed by atoms with Gasteiger partial charge >= 0.3 is 5.76 Å². The minimum atomic E-state index is -1.01. The molecule has 0 aliphatic carbocycles. The van der Waals surface area contributed by atoms with Crippen LogP contribution < -0.4 is 15.2 Å². The van der Waals surface area contributed by atoms with Crippen LogP contribution >= 0.6 is 11.6 Å². The van der Waals surface area contributed by atoms with Gasteiger partial charge in [-0.25, -0.2) is 9.78 Å². The molecule has 226 valence electrons. The Kier molecular flexibility index (Phi) is 6.65. The van der Waals surface area contributed by atoms with Gasteiger partial charge < -0.3 is 18.8 Å². The van der Waals surface area contributed by atoms with Gasteiger partial charge in [0.15, 0.2) is 11.5 Å². The number of likely N-dealkylation sites (tertiary alicyclic amines) is 1. The van der Waals surface area contributed by atoms with Crippen LogP contribution in [0.25, 0.3) is 22.6 Å². The molecule has 7 heterocycles. The molecule has 8 rings (SSSR count). The van der Waals surface area contributed by atoms with Gasteiger partial charge in [0.05, 0.1) is 41.4 Å². The topological polar surface area (TPSA) is 133 Å². The first-order valence-electron chi connectivity index (χ1n) is 14.8. The monoisotopic (exact) mass is 615 g/mol. The number of benzene rings is 1. The van der Waals surface area contributed by atoms with Gasteiger partial charge in [-0.2, -0.15) is 0 Å². The van der Waals surface area contributed by atoms with Gasteiger partial charge in [0.1, 0.15) is 17.2 Å². The van der Waals surface area contributed by atoms with Gasteiger partial charge in [-0.15, -0.1) is 0 Å². The molecule has 0 radical (unpaired) electrons. The molecule has 1 unspecified atom stereocenters. The molecule has 0 bridgehead atoms. The number of para-hydroxylation sites is 1. The molecule has 0 spiro atoms. The van der Waals surface area contributed by atoms with E-state index in [9.17, 15) is 4.79 Å². The van der Waals surface area contributed by atoms with Crippen molar-refractivity contribution in [3.63, 3.8) is 0 Å². The second-order valence-corrected chi connectivity index (χ2v) is 12.1. The van der Waals surface area contributed by atoms with Gasteiger partial charge in [-0.1, -0.05) is 28.9 Å². The lowest BCUT2D eigenvalue weighted by Gasteiger charge is -2.33.